The molecule has 2 amide bonds. The Morgan fingerprint density at radius 1 is 1.16 bits per heavy atom. The van der Waals surface area contributed by atoms with Crippen molar-refractivity contribution in [1.82, 2.24) is 5.32 Å². The molecule has 194 valence electrons. The number of rotatable bonds is 8. The lowest BCUT2D eigenvalue weighted by atomic mass is 9.85. The Morgan fingerprint density at radius 3 is 2.55 bits per heavy atom. The Kier molecular flexibility index (Phi) is 8.69. The molecule has 0 spiro atoms. The van der Waals surface area contributed by atoms with Crippen LogP contribution in [0.25, 0.3) is 0 Å². The maximum Gasteiger partial charge on any atom is 0.254 e. The number of halogens is 2. The molecule has 0 aliphatic carbocycles. The van der Waals surface area contributed by atoms with Gasteiger partial charge in [0.2, 0.25) is 5.91 Å². The zero-order valence-electron chi connectivity index (χ0n) is 20.3. The van der Waals surface area contributed by atoms with E-state index in [9.17, 15) is 14.9 Å². The summed E-state index contributed by atoms with van der Waals surface area (Å²) in [5.74, 6) is -0.403. The number of hydrogen-bond acceptors (Lipinski definition) is 7. The fourth-order valence-corrected chi connectivity index (χ4v) is 5.20. The number of amides is 2. The molecule has 3 aromatic rings. The van der Waals surface area contributed by atoms with Gasteiger partial charge in [-0.1, -0.05) is 35.0 Å². The normalized spacial score (nSPS) is 15.0. The third kappa shape index (κ3) is 6.17. The van der Waals surface area contributed by atoms with Crippen LogP contribution >= 0.6 is 35.0 Å². The van der Waals surface area contributed by atoms with Crippen LogP contribution in [0.4, 0.5) is 11.4 Å². The van der Waals surface area contributed by atoms with E-state index in [1.54, 1.807) is 62.6 Å². The molecule has 0 saturated carbocycles. The molecule has 8 nitrogen and oxygen atoms in total. The highest BCUT2D eigenvalue weighted by Crippen LogP contribution is 2.41. The van der Waals surface area contributed by atoms with Crippen LogP contribution in [-0.4, -0.2) is 24.7 Å². The first kappa shape index (κ1) is 27.2. The summed E-state index contributed by atoms with van der Waals surface area (Å²) in [5.41, 5.74) is 2.03. The summed E-state index contributed by atoms with van der Waals surface area (Å²) in [5, 5.41) is 20.0. The van der Waals surface area contributed by atoms with Gasteiger partial charge in [0.1, 0.15) is 11.5 Å². The van der Waals surface area contributed by atoms with Crippen LogP contribution in [0.15, 0.2) is 87.1 Å². The first-order valence-corrected chi connectivity index (χ1v) is 13.0. The molecule has 0 bridgehead atoms. The molecule has 1 aliphatic rings. The van der Waals surface area contributed by atoms with Gasteiger partial charge in [-0.3, -0.25) is 9.59 Å². The van der Waals surface area contributed by atoms with Crippen LogP contribution in [0.1, 0.15) is 18.6 Å². The molecule has 1 atom stereocenters. The summed E-state index contributed by atoms with van der Waals surface area (Å²) in [6.07, 6.45) is 1.47. The fourth-order valence-electron chi connectivity index (χ4n) is 3.86. The number of anilines is 2. The summed E-state index contributed by atoms with van der Waals surface area (Å²) in [6.45, 7) is 1.72. The van der Waals surface area contributed by atoms with Crippen molar-refractivity contribution in [2.45, 2.75) is 12.8 Å². The molecule has 0 saturated heterocycles. The Labute approximate surface area is 233 Å². The van der Waals surface area contributed by atoms with Crippen molar-refractivity contribution in [3.8, 4) is 11.8 Å². The first-order valence-electron chi connectivity index (χ1n) is 11.3. The highest BCUT2D eigenvalue weighted by molar-refractivity contribution is 8.03. The Bertz CT molecular complexity index is 1460. The number of nitriles is 1. The van der Waals surface area contributed by atoms with E-state index in [1.807, 2.05) is 0 Å². The molecule has 1 aliphatic heterocycles. The van der Waals surface area contributed by atoms with Crippen LogP contribution in [0.2, 0.25) is 10.0 Å². The van der Waals surface area contributed by atoms with Gasteiger partial charge >= 0.3 is 0 Å². The van der Waals surface area contributed by atoms with E-state index in [0.717, 1.165) is 11.8 Å². The number of furan rings is 1. The van der Waals surface area contributed by atoms with Crippen molar-refractivity contribution in [2.24, 2.45) is 0 Å². The van der Waals surface area contributed by atoms with Gasteiger partial charge in [0.05, 0.1) is 58.0 Å². The van der Waals surface area contributed by atoms with E-state index >= 15 is 0 Å². The van der Waals surface area contributed by atoms with Crippen molar-refractivity contribution in [3.63, 3.8) is 0 Å². The number of carbonyl (C=O) groups is 2. The molecule has 38 heavy (non-hydrogen) atoms. The van der Waals surface area contributed by atoms with Gasteiger partial charge in [-0.15, -0.1) is 0 Å². The van der Waals surface area contributed by atoms with Crippen LogP contribution in [0, 0.1) is 11.3 Å². The molecular weight excluding hydrogens is 547 g/mol. The Morgan fingerprint density at radius 2 is 1.92 bits per heavy atom. The number of benzene rings is 2. The van der Waals surface area contributed by atoms with Crippen molar-refractivity contribution in [1.29, 1.82) is 5.26 Å². The molecule has 1 aromatic heterocycles. The van der Waals surface area contributed by atoms with Gasteiger partial charge in [0.15, 0.2) is 0 Å². The minimum absolute atomic E-state index is 0.0274. The number of nitrogens with zero attached hydrogens (tertiary/aromatic N) is 1. The quantitative estimate of drug-likeness (QED) is 0.292. The van der Waals surface area contributed by atoms with E-state index in [1.165, 1.54) is 12.3 Å². The van der Waals surface area contributed by atoms with Gasteiger partial charge in [-0.2, -0.15) is 5.26 Å². The van der Waals surface area contributed by atoms with Crippen LogP contribution < -0.4 is 20.7 Å². The lowest BCUT2D eigenvalue weighted by molar-refractivity contribution is -0.114. The van der Waals surface area contributed by atoms with Crippen LogP contribution in [-0.2, 0) is 9.59 Å². The highest BCUT2D eigenvalue weighted by atomic mass is 35.5. The van der Waals surface area contributed by atoms with Crippen LogP contribution in [0.5, 0.6) is 5.75 Å². The largest absolute Gasteiger partial charge is 0.497 e. The number of methoxy groups -OCH3 is 1. The average Bonchev–Trinajstić information content (AvgIpc) is 3.43. The SMILES string of the molecule is COc1ccc(NC(=O)CSC2=C(C#N)C(c3ccco3)C(C(=O)Nc3ccc(Cl)cc3Cl)=C(C)N2)cc1. The smallest absolute Gasteiger partial charge is 0.254 e. The van der Waals surface area contributed by atoms with E-state index in [0.29, 0.717) is 38.6 Å². The predicted molar refractivity (Wildman–Crippen MR) is 149 cm³/mol. The minimum atomic E-state index is -0.797. The van der Waals surface area contributed by atoms with E-state index in [2.05, 4.69) is 22.0 Å². The summed E-state index contributed by atoms with van der Waals surface area (Å²) >= 11 is 13.4. The van der Waals surface area contributed by atoms with Gasteiger partial charge in [-0.05, 0) is 61.5 Å². The van der Waals surface area contributed by atoms with Crippen LogP contribution in [0.3, 0.4) is 0 Å². The van der Waals surface area contributed by atoms with Gasteiger partial charge in [-0.25, -0.2) is 0 Å². The maximum absolute atomic E-state index is 13.4. The van der Waals surface area contributed by atoms with Crippen molar-refractivity contribution >= 4 is 58.2 Å². The lowest BCUT2D eigenvalue weighted by Crippen LogP contribution is -2.31. The second-order valence-electron chi connectivity index (χ2n) is 8.11. The number of nitrogens with one attached hydrogen (secondary N) is 3. The number of dihydropyridines is 1. The monoisotopic (exact) mass is 568 g/mol. The summed E-state index contributed by atoms with van der Waals surface area (Å²) in [7, 11) is 1.57. The molecule has 2 aromatic carbocycles. The van der Waals surface area contributed by atoms with Gasteiger partial charge in [0, 0.05) is 16.4 Å². The molecule has 0 fully saturated rings. The molecule has 1 unspecified atom stereocenters. The standard InChI is InChI=1S/C27H22Cl2N4O4S/c1-15-24(26(35)33-21-10-5-16(28)12-20(21)29)25(22-4-3-11-37-22)19(13-30)27(31-15)38-14-23(34)32-17-6-8-18(36-2)9-7-17/h3-12,25,31H,14H2,1-2H3,(H,32,34)(H,33,35). The lowest BCUT2D eigenvalue weighted by Gasteiger charge is -2.28. The first-order chi connectivity index (χ1) is 18.3. The zero-order valence-corrected chi connectivity index (χ0v) is 22.6. The molecular formula is C27H22Cl2N4O4S. The summed E-state index contributed by atoms with van der Waals surface area (Å²) in [6, 6.07) is 17.3. The predicted octanol–water partition coefficient (Wildman–Crippen LogP) is 6.30. The second kappa shape index (κ2) is 12.1. The van der Waals surface area contributed by atoms with Gasteiger partial charge < -0.3 is 25.1 Å². The fraction of sp³-hybridized carbons (Fsp3) is 0.148. The van der Waals surface area contributed by atoms with E-state index < -0.39 is 11.8 Å². The van der Waals surface area contributed by atoms with Crippen molar-refractivity contribution < 1.29 is 18.7 Å². The Balaban J connectivity index is 1.56. The number of ether oxygens (including phenoxy) is 1. The molecule has 0 radical (unpaired) electrons. The number of thioether (sulfide) groups is 1. The molecule has 3 N–H and O–H groups in total. The Hall–Kier alpha value is -3.84. The molecule has 2 heterocycles. The highest BCUT2D eigenvalue weighted by Gasteiger charge is 2.36. The second-order valence-corrected chi connectivity index (χ2v) is 9.94. The molecule has 11 heteroatoms. The summed E-state index contributed by atoms with van der Waals surface area (Å²) in [4.78, 5) is 26.1. The number of carbonyl (C=O) groups excluding carboxylic acids is 2. The number of allylic oxidation sites excluding steroid dienone is 2. The minimum Gasteiger partial charge on any atom is -0.497 e. The number of hydrogen-bond donors (Lipinski definition) is 3. The van der Waals surface area contributed by atoms with E-state index in [-0.39, 0.29) is 27.8 Å². The van der Waals surface area contributed by atoms with Crippen molar-refractivity contribution in [2.75, 3.05) is 23.5 Å². The zero-order chi connectivity index (χ0) is 27.2. The maximum atomic E-state index is 13.4. The third-order valence-corrected chi connectivity index (χ3v) is 7.19. The topological polar surface area (TPSA) is 116 Å². The average molecular weight is 569 g/mol. The van der Waals surface area contributed by atoms with Crippen molar-refractivity contribution in [3.05, 3.63) is 98.5 Å². The third-order valence-electron chi connectivity index (χ3n) is 5.62. The summed E-state index contributed by atoms with van der Waals surface area (Å²) < 4.78 is 10.8. The van der Waals surface area contributed by atoms with E-state index in [4.69, 9.17) is 32.4 Å². The van der Waals surface area contributed by atoms with Gasteiger partial charge in [0.25, 0.3) is 5.91 Å². The molecule has 4 rings (SSSR count).